The van der Waals surface area contributed by atoms with Crippen LogP contribution >= 0.6 is 11.6 Å². The minimum Gasteiger partial charge on any atom is -0.481 e. The largest absolute Gasteiger partial charge is 0.481 e. The lowest BCUT2D eigenvalue weighted by atomic mass is 10.0. The number of carbonyl (C=O) groups excluding carboxylic acids is 1. The minimum atomic E-state index is -0.575. The van der Waals surface area contributed by atoms with E-state index < -0.39 is 6.10 Å². The fraction of sp³-hybridized carbons (Fsp3) is 0.588. The Kier molecular flexibility index (Phi) is 6.27. The molecule has 0 spiro atoms. The van der Waals surface area contributed by atoms with Crippen molar-refractivity contribution in [3.8, 4) is 5.75 Å². The van der Waals surface area contributed by atoms with E-state index in [9.17, 15) is 4.79 Å². The van der Waals surface area contributed by atoms with E-state index in [-0.39, 0.29) is 11.4 Å². The molecule has 6 heteroatoms. The first-order valence-corrected chi connectivity index (χ1v) is 8.29. The van der Waals surface area contributed by atoms with Crippen molar-refractivity contribution >= 4 is 17.5 Å². The Morgan fingerprint density at radius 3 is 2.78 bits per heavy atom. The number of rotatable bonds is 6. The molecule has 0 aromatic heterocycles. The molecule has 1 N–H and O–H groups in total. The van der Waals surface area contributed by atoms with Crippen molar-refractivity contribution in [2.75, 3.05) is 32.8 Å². The first kappa shape index (κ1) is 18.0. The number of benzene rings is 1. The predicted octanol–water partition coefficient (Wildman–Crippen LogP) is 2.33. The SMILES string of the molecule is CC(Oc1cccc(Cl)c1)C(=O)NCC(C)(C)N1CCOCC1. The highest BCUT2D eigenvalue weighted by molar-refractivity contribution is 6.30. The van der Waals surface area contributed by atoms with Crippen LogP contribution in [-0.2, 0) is 9.53 Å². The number of morpholine rings is 1. The summed E-state index contributed by atoms with van der Waals surface area (Å²) in [5, 5.41) is 3.56. The predicted molar refractivity (Wildman–Crippen MR) is 91.0 cm³/mol. The smallest absolute Gasteiger partial charge is 0.260 e. The van der Waals surface area contributed by atoms with Crippen molar-refractivity contribution in [3.63, 3.8) is 0 Å². The van der Waals surface area contributed by atoms with Gasteiger partial charge in [-0.2, -0.15) is 0 Å². The van der Waals surface area contributed by atoms with Crippen LogP contribution in [0.1, 0.15) is 20.8 Å². The number of hydrogen-bond donors (Lipinski definition) is 1. The molecule has 1 amide bonds. The van der Waals surface area contributed by atoms with Crippen LogP contribution in [0.4, 0.5) is 0 Å². The molecule has 23 heavy (non-hydrogen) atoms. The van der Waals surface area contributed by atoms with Crippen LogP contribution in [0.25, 0.3) is 0 Å². The molecular weight excluding hydrogens is 316 g/mol. The highest BCUT2D eigenvalue weighted by Crippen LogP contribution is 2.19. The zero-order chi connectivity index (χ0) is 16.9. The molecule has 1 saturated heterocycles. The lowest BCUT2D eigenvalue weighted by Gasteiger charge is -2.41. The summed E-state index contributed by atoms with van der Waals surface area (Å²) in [5.41, 5.74) is -0.116. The van der Waals surface area contributed by atoms with E-state index in [1.54, 1.807) is 31.2 Å². The summed E-state index contributed by atoms with van der Waals surface area (Å²) >= 11 is 5.92. The molecule has 0 bridgehead atoms. The van der Waals surface area contributed by atoms with E-state index in [0.717, 1.165) is 26.3 Å². The molecule has 1 aromatic rings. The van der Waals surface area contributed by atoms with Gasteiger partial charge in [-0.1, -0.05) is 17.7 Å². The van der Waals surface area contributed by atoms with Crippen molar-refractivity contribution in [2.45, 2.75) is 32.4 Å². The van der Waals surface area contributed by atoms with Gasteiger partial charge in [0.25, 0.3) is 5.91 Å². The van der Waals surface area contributed by atoms with Gasteiger partial charge in [0.05, 0.1) is 13.2 Å². The Labute approximate surface area is 142 Å². The maximum absolute atomic E-state index is 12.2. The van der Waals surface area contributed by atoms with Gasteiger partial charge in [0.1, 0.15) is 5.75 Å². The van der Waals surface area contributed by atoms with Crippen LogP contribution in [0.15, 0.2) is 24.3 Å². The molecule has 1 aromatic carbocycles. The maximum atomic E-state index is 12.2. The van der Waals surface area contributed by atoms with Crippen LogP contribution in [0.3, 0.4) is 0 Å². The Bertz CT molecular complexity index is 530. The summed E-state index contributed by atoms with van der Waals surface area (Å²) in [5.74, 6) is 0.457. The number of amides is 1. The van der Waals surface area contributed by atoms with Gasteiger partial charge in [-0.15, -0.1) is 0 Å². The monoisotopic (exact) mass is 340 g/mol. The highest BCUT2D eigenvalue weighted by atomic mass is 35.5. The number of nitrogens with one attached hydrogen (secondary N) is 1. The zero-order valence-corrected chi connectivity index (χ0v) is 14.7. The van der Waals surface area contributed by atoms with Gasteiger partial charge in [-0.3, -0.25) is 9.69 Å². The summed E-state index contributed by atoms with van der Waals surface area (Å²) in [6.45, 7) is 9.81. The van der Waals surface area contributed by atoms with Crippen molar-refractivity contribution in [2.24, 2.45) is 0 Å². The fourth-order valence-corrected chi connectivity index (χ4v) is 2.71. The molecule has 1 aliphatic rings. The first-order valence-electron chi connectivity index (χ1n) is 7.91. The third-order valence-electron chi connectivity index (χ3n) is 4.04. The molecule has 128 valence electrons. The van der Waals surface area contributed by atoms with Gasteiger partial charge in [-0.05, 0) is 39.0 Å². The molecule has 2 rings (SSSR count). The van der Waals surface area contributed by atoms with Crippen LogP contribution in [-0.4, -0.2) is 55.3 Å². The summed E-state index contributed by atoms with van der Waals surface area (Å²) in [4.78, 5) is 14.6. The van der Waals surface area contributed by atoms with Crippen molar-refractivity contribution in [3.05, 3.63) is 29.3 Å². The van der Waals surface area contributed by atoms with Gasteiger partial charge in [0, 0.05) is 30.2 Å². The molecule has 1 atom stereocenters. The first-order chi connectivity index (χ1) is 10.9. The van der Waals surface area contributed by atoms with Crippen LogP contribution < -0.4 is 10.1 Å². The number of carbonyl (C=O) groups is 1. The lowest BCUT2D eigenvalue weighted by molar-refractivity contribution is -0.128. The summed E-state index contributed by atoms with van der Waals surface area (Å²) in [7, 11) is 0. The normalized spacial score (nSPS) is 17.6. The molecule has 0 saturated carbocycles. The van der Waals surface area contributed by atoms with E-state index in [1.165, 1.54) is 0 Å². The second-order valence-corrected chi connectivity index (χ2v) is 6.78. The van der Waals surface area contributed by atoms with Gasteiger partial charge >= 0.3 is 0 Å². The van der Waals surface area contributed by atoms with Gasteiger partial charge < -0.3 is 14.8 Å². The summed E-state index contributed by atoms with van der Waals surface area (Å²) < 4.78 is 11.0. The molecule has 1 heterocycles. The van der Waals surface area contributed by atoms with E-state index in [0.29, 0.717) is 17.3 Å². The van der Waals surface area contributed by atoms with Gasteiger partial charge in [0.15, 0.2) is 6.10 Å². The van der Waals surface area contributed by atoms with E-state index >= 15 is 0 Å². The minimum absolute atomic E-state index is 0.116. The number of hydrogen-bond acceptors (Lipinski definition) is 4. The average molecular weight is 341 g/mol. The molecule has 0 aliphatic carbocycles. The molecule has 0 radical (unpaired) electrons. The van der Waals surface area contributed by atoms with Crippen LogP contribution in [0.2, 0.25) is 5.02 Å². The topological polar surface area (TPSA) is 50.8 Å². The number of nitrogens with zero attached hydrogens (tertiary/aromatic N) is 1. The fourth-order valence-electron chi connectivity index (χ4n) is 2.53. The van der Waals surface area contributed by atoms with Crippen molar-refractivity contribution in [1.29, 1.82) is 0 Å². The Balaban J connectivity index is 1.83. The maximum Gasteiger partial charge on any atom is 0.260 e. The van der Waals surface area contributed by atoms with Gasteiger partial charge in [-0.25, -0.2) is 0 Å². The van der Waals surface area contributed by atoms with Gasteiger partial charge in [0.2, 0.25) is 0 Å². The van der Waals surface area contributed by atoms with E-state index in [2.05, 4.69) is 24.1 Å². The van der Waals surface area contributed by atoms with E-state index in [1.807, 2.05) is 0 Å². The number of halogens is 1. The summed E-state index contributed by atoms with van der Waals surface area (Å²) in [6.07, 6.45) is -0.575. The lowest BCUT2D eigenvalue weighted by Crippen LogP contribution is -2.56. The molecule has 1 aliphatic heterocycles. The third kappa shape index (κ3) is 5.37. The second-order valence-electron chi connectivity index (χ2n) is 6.35. The number of ether oxygens (including phenoxy) is 2. The second kappa shape index (κ2) is 7.99. The standard InChI is InChI=1S/C17H25ClN2O3/c1-13(23-15-6-4-5-14(18)11-15)16(21)19-12-17(2,3)20-7-9-22-10-8-20/h4-6,11,13H,7-10,12H2,1-3H3,(H,19,21). The third-order valence-corrected chi connectivity index (χ3v) is 4.28. The highest BCUT2D eigenvalue weighted by Gasteiger charge is 2.29. The van der Waals surface area contributed by atoms with Crippen LogP contribution in [0.5, 0.6) is 5.75 Å². The Morgan fingerprint density at radius 1 is 1.43 bits per heavy atom. The molecule has 1 fully saturated rings. The van der Waals surface area contributed by atoms with Crippen LogP contribution in [0, 0.1) is 0 Å². The summed E-state index contributed by atoms with van der Waals surface area (Å²) in [6, 6.07) is 7.05. The average Bonchev–Trinajstić information content (AvgIpc) is 2.53. The zero-order valence-electron chi connectivity index (χ0n) is 14.0. The molecular formula is C17H25ClN2O3. The Morgan fingerprint density at radius 2 is 2.13 bits per heavy atom. The molecule has 5 nitrogen and oxygen atoms in total. The van der Waals surface area contributed by atoms with Crippen molar-refractivity contribution < 1.29 is 14.3 Å². The Hall–Kier alpha value is -1.30. The van der Waals surface area contributed by atoms with Crippen molar-refractivity contribution in [1.82, 2.24) is 10.2 Å². The molecule has 1 unspecified atom stereocenters. The quantitative estimate of drug-likeness (QED) is 0.863. The van der Waals surface area contributed by atoms with E-state index in [4.69, 9.17) is 21.1 Å².